The summed E-state index contributed by atoms with van der Waals surface area (Å²) in [5, 5.41) is 8.95. The van der Waals surface area contributed by atoms with Crippen LogP contribution in [-0.2, 0) is 25.3 Å². The number of hydrogen-bond donors (Lipinski definition) is 1. The number of anilines is 1. The molecule has 2 heterocycles. The van der Waals surface area contributed by atoms with Crippen molar-refractivity contribution in [2.45, 2.75) is 71.3 Å². The number of nitrogens with zero attached hydrogens (tertiary/aromatic N) is 4. The quantitative estimate of drug-likeness (QED) is 0.149. The van der Waals surface area contributed by atoms with Crippen LogP contribution in [0.25, 0.3) is 11.0 Å². The number of carbonyl (C=O) groups is 3. The molecule has 0 bridgehead atoms. The molecule has 2 aromatic heterocycles. The molecule has 0 aliphatic rings. The summed E-state index contributed by atoms with van der Waals surface area (Å²) in [6.07, 6.45) is 0.303. The van der Waals surface area contributed by atoms with E-state index in [0.717, 1.165) is 20.6 Å². The van der Waals surface area contributed by atoms with Gasteiger partial charge in [-0.05, 0) is 60.3 Å². The third kappa shape index (κ3) is 8.75. The van der Waals surface area contributed by atoms with Gasteiger partial charge in [0.25, 0.3) is 8.32 Å². The van der Waals surface area contributed by atoms with E-state index < -0.39 is 38.1 Å². The lowest BCUT2D eigenvalue weighted by Crippen LogP contribution is -2.66. The molecule has 0 saturated carbocycles. The first-order valence-electron chi connectivity index (χ1n) is 17.3. The van der Waals surface area contributed by atoms with Crippen LogP contribution < -0.4 is 15.7 Å². The molecule has 1 atom stereocenters. The summed E-state index contributed by atoms with van der Waals surface area (Å²) in [4.78, 5) is 46.1. The molecule has 3 aromatic carbocycles. The van der Waals surface area contributed by atoms with Gasteiger partial charge in [-0.15, -0.1) is 0 Å². The maximum Gasteiger partial charge on any atom is 0.435 e. The Hall–Kier alpha value is -5.33. The molecule has 272 valence electrons. The fourth-order valence-corrected chi connectivity index (χ4v) is 10.8. The molecule has 0 radical (unpaired) electrons. The van der Waals surface area contributed by atoms with Crippen molar-refractivity contribution in [1.82, 2.24) is 19.7 Å². The van der Waals surface area contributed by atoms with Crippen molar-refractivity contribution in [3.63, 3.8) is 0 Å². The Bertz CT molecular complexity index is 1930. The first kappa shape index (κ1) is 37.9. The van der Waals surface area contributed by atoms with Gasteiger partial charge in [0.15, 0.2) is 0 Å². The van der Waals surface area contributed by atoms with Gasteiger partial charge in [-0.25, -0.2) is 14.6 Å². The zero-order valence-corrected chi connectivity index (χ0v) is 31.8. The number of ether oxygens (including phenoxy) is 2. The number of benzene rings is 3. The number of carbonyl (C=O) groups excluding carboxylic acids is 3. The third-order valence-corrected chi connectivity index (χ3v) is 13.7. The van der Waals surface area contributed by atoms with Crippen LogP contribution in [0.1, 0.15) is 53.5 Å². The first-order chi connectivity index (χ1) is 24.7. The molecule has 0 unspecified atom stereocenters. The average molecular weight is 722 g/mol. The van der Waals surface area contributed by atoms with Crippen LogP contribution in [0.5, 0.6) is 0 Å². The molecular formula is C40H47N5O6Si. The Morgan fingerprint density at radius 1 is 0.827 bits per heavy atom. The molecule has 52 heavy (non-hydrogen) atoms. The molecule has 2 amide bonds. The van der Waals surface area contributed by atoms with Crippen molar-refractivity contribution in [3.05, 3.63) is 115 Å². The minimum atomic E-state index is -2.92. The topological polar surface area (TPSA) is 125 Å². The number of fused-ring (bicyclic) bond motifs is 1. The molecule has 12 heteroatoms. The summed E-state index contributed by atoms with van der Waals surface area (Å²) in [5.41, 5.74) is 0.917. The van der Waals surface area contributed by atoms with Gasteiger partial charge in [-0.3, -0.25) is 9.69 Å². The molecule has 0 fully saturated rings. The molecule has 0 aliphatic carbocycles. The van der Waals surface area contributed by atoms with Crippen molar-refractivity contribution in [3.8, 4) is 0 Å². The second-order valence-corrected chi connectivity index (χ2v) is 18.9. The maximum atomic E-state index is 14.1. The number of aromatic nitrogens is 3. The van der Waals surface area contributed by atoms with E-state index >= 15 is 0 Å². The second-order valence-electron chi connectivity index (χ2n) is 14.6. The van der Waals surface area contributed by atoms with Gasteiger partial charge in [0.05, 0.1) is 11.7 Å². The van der Waals surface area contributed by atoms with Crippen LogP contribution in [0, 0.1) is 0 Å². The van der Waals surface area contributed by atoms with Gasteiger partial charge in [-0.1, -0.05) is 112 Å². The van der Waals surface area contributed by atoms with Crippen LogP contribution in [0.2, 0.25) is 5.04 Å². The Kier molecular flexibility index (Phi) is 11.6. The van der Waals surface area contributed by atoms with Crippen molar-refractivity contribution in [2.24, 2.45) is 0 Å². The molecule has 0 saturated heterocycles. The van der Waals surface area contributed by atoms with Gasteiger partial charge >= 0.3 is 12.2 Å². The van der Waals surface area contributed by atoms with Crippen molar-refractivity contribution < 1.29 is 28.3 Å². The summed E-state index contributed by atoms with van der Waals surface area (Å²) < 4.78 is 19.3. The minimum absolute atomic E-state index is 0.0524. The van der Waals surface area contributed by atoms with E-state index in [9.17, 15) is 14.4 Å². The number of amides is 2. The fraction of sp³-hybridized carbons (Fsp3) is 0.325. The molecule has 5 aromatic rings. The number of hydrogen-bond acceptors (Lipinski definition) is 8. The molecule has 0 spiro atoms. The SMILES string of the molecule is CN(C(=O)OCc1ccccc1)[C@H](CCO[Si](c1ccccc1)(c1ccccc1)C(C)(C)C)C(=O)Nc1ccc2c(cnn2C(=O)OC(C)(C)C)n1. The van der Waals surface area contributed by atoms with E-state index in [4.69, 9.17) is 13.9 Å². The number of pyridine rings is 1. The monoisotopic (exact) mass is 721 g/mol. The highest BCUT2D eigenvalue weighted by molar-refractivity contribution is 6.99. The molecule has 5 rings (SSSR count). The fourth-order valence-electron chi connectivity index (χ4n) is 6.18. The van der Waals surface area contributed by atoms with Crippen molar-refractivity contribution >= 4 is 53.6 Å². The highest BCUT2D eigenvalue weighted by Gasteiger charge is 2.50. The van der Waals surface area contributed by atoms with Gasteiger partial charge < -0.3 is 19.2 Å². The van der Waals surface area contributed by atoms with E-state index in [1.54, 1.807) is 40.0 Å². The zero-order chi connectivity index (χ0) is 37.5. The lowest BCUT2D eigenvalue weighted by molar-refractivity contribution is -0.121. The highest BCUT2D eigenvalue weighted by atomic mass is 28.4. The predicted octanol–water partition coefficient (Wildman–Crippen LogP) is 6.76. The Labute approximate surface area is 306 Å². The Morgan fingerprint density at radius 2 is 1.40 bits per heavy atom. The molecule has 11 nitrogen and oxygen atoms in total. The van der Waals surface area contributed by atoms with E-state index in [-0.39, 0.29) is 30.5 Å². The van der Waals surface area contributed by atoms with E-state index in [1.165, 1.54) is 11.1 Å². The van der Waals surface area contributed by atoms with E-state index in [1.807, 2.05) is 66.7 Å². The molecule has 0 aliphatic heterocycles. The van der Waals surface area contributed by atoms with Crippen LogP contribution in [0.4, 0.5) is 15.4 Å². The summed E-state index contributed by atoms with van der Waals surface area (Å²) in [5.74, 6) is -0.248. The molecule has 1 N–H and O–H groups in total. The van der Waals surface area contributed by atoms with Crippen molar-refractivity contribution in [1.29, 1.82) is 0 Å². The predicted molar refractivity (Wildman–Crippen MR) is 204 cm³/mol. The summed E-state index contributed by atoms with van der Waals surface area (Å²) >= 11 is 0. The Balaban J connectivity index is 1.41. The highest BCUT2D eigenvalue weighted by Crippen LogP contribution is 2.37. The summed E-state index contributed by atoms with van der Waals surface area (Å²) in [7, 11) is -1.38. The number of nitrogens with one attached hydrogen (secondary N) is 1. The summed E-state index contributed by atoms with van der Waals surface area (Å²) in [6, 6.07) is 32.0. The normalized spacial score (nSPS) is 12.6. The Morgan fingerprint density at radius 3 is 1.96 bits per heavy atom. The lowest BCUT2D eigenvalue weighted by Gasteiger charge is -2.43. The average Bonchev–Trinajstić information content (AvgIpc) is 3.54. The van der Waals surface area contributed by atoms with E-state index in [2.05, 4.69) is 60.4 Å². The second kappa shape index (κ2) is 15.9. The first-order valence-corrected chi connectivity index (χ1v) is 19.2. The van der Waals surface area contributed by atoms with Crippen LogP contribution in [0.3, 0.4) is 0 Å². The largest absolute Gasteiger partial charge is 0.445 e. The van der Waals surface area contributed by atoms with Gasteiger partial charge in [0.1, 0.15) is 29.6 Å². The number of rotatable bonds is 11. The maximum absolute atomic E-state index is 14.1. The van der Waals surface area contributed by atoms with Gasteiger partial charge in [0.2, 0.25) is 5.91 Å². The van der Waals surface area contributed by atoms with Crippen molar-refractivity contribution in [2.75, 3.05) is 19.0 Å². The van der Waals surface area contributed by atoms with Crippen LogP contribution in [0.15, 0.2) is 109 Å². The summed E-state index contributed by atoms with van der Waals surface area (Å²) in [6.45, 7) is 12.1. The van der Waals surface area contributed by atoms with Gasteiger partial charge in [0, 0.05) is 13.7 Å². The standard InChI is InChI=1S/C40H47N5O6Si/c1-39(2,3)51-38(48)45-33-23-24-35(42-32(33)27-41-45)43-36(46)34(44(7)37(47)49-28-29-17-11-8-12-18-29)25-26-50-52(40(4,5)6,30-19-13-9-14-20-30)31-21-15-10-16-22-31/h8-24,27,34H,25-26,28H2,1-7H3,(H,42,43,46)/t34-/m1/s1. The van der Waals surface area contributed by atoms with Crippen LogP contribution in [-0.4, -0.2) is 71.4 Å². The van der Waals surface area contributed by atoms with E-state index in [0.29, 0.717) is 11.0 Å². The van der Waals surface area contributed by atoms with Crippen LogP contribution >= 0.6 is 0 Å². The minimum Gasteiger partial charge on any atom is -0.445 e. The number of likely N-dealkylation sites (N-methyl/N-ethyl adjacent to an activating group) is 1. The smallest absolute Gasteiger partial charge is 0.435 e. The van der Waals surface area contributed by atoms with Gasteiger partial charge in [-0.2, -0.15) is 9.78 Å². The third-order valence-electron chi connectivity index (χ3n) is 8.63. The zero-order valence-electron chi connectivity index (χ0n) is 30.8. The lowest BCUT2D eigenvalue weighted by atomic mass is 10.2. The molecular weight excluding hydrogens is 675 g/mol.